The van der Waals surface area contributed by atoms with E-state index in [2.05, 4.69) is 20.3 Å². The molecule has 1 saturated heterocycles. The molecule has 8 heteroatoms. The number of carbonyl (C=O) groups is 2. The van der Waals surface area contributed by atoms with E-state index in [1.54, 1.807) is 25.3 Å². The fourth-order valence-electron chi connectivity index (χ4n) is 2.41. The molecule has 3 heterocycles. The zero-order valence-corrected chi connectivity index (χ0v) is 12.7. The van der Waals surface area contributed by atoms with Crippen molar-refractivity contribution in [3.63, 3.8) is 0 Å². The zero-order valence-electron chi connectivity index (χ0n) is 12.7. The maximum absolute atomic E-state index is 12.7. The van der Waals surface area contributed by atoms with E-state index >= 15 is 0 Å². The van der Waals surface area contributed by atoms with Crippen LogP contribution in [-0.2, 0) is 16.9 Å². The summed E-state index contributed by atoms with van der Waals surface area (Å²) in [4.78, 5) is 38.2. The van der Waals surface area contributed by atoms with Crippen molar-refractivity contribution in [2.45, 2.75) is 19.0 Å². The summed E-state index contributed by atoms with van der Waals surface area (Å²) >= 11 is 0. The second kappa shape index (κ2) is 5.64. The molecule has 0 aromatic carbocycles. The average molecular weight is 313 g/mol. The first-order chi connectivity index (χ1) is 11.0. The molecule has 0 aliphatic carbocycles. The number of hydrogen-bond donors (Lipinski definition) is 1. The topological polar surface area (TPSA) is 97.3 Å². The van der Waals surface area contributed by atoms with E-state index in [1.165, 1.54) is 25.7 Å². The Labute approximate surface area is 132 Å². The zero-order chi connectivity index (χ0) is 16.4. The van der Waals surface area contributed by atoms with E-state index in [9.17, 15) is 9.59 Å². The Hall–Kier alpha value is -3.03. The lowest BCUT2D eigenvalue weighted by molar-refractivity contribution is -0.131. The van der Waals surface area contributed by atoms with Crippen LogP contribution in [0.1, 0.15) is 18.2 Å². The van der Waals surface area contributed by atoms with Gasteiger partial charge in [-0.05, 0) is 18.6 Å². The Morgan fingerprint density at radius 3 is 2.78 bits per heavy atom. The Kier molecular flexibility index (Phi) is 3.65. The monoisotopic (exact) mass is 313 g/mol. The van der Waals surface area contributed by atoms with E-state index in [4.69, 9.17) is 4.74 Å². The molecule has 0 bridgehead atoms. The van der Waals surface area contributed by atoms with Crippen LogP contribution in [0.15, 0.2) is 36.9 Å². The van der Waals surface area contributed by atoms with Gasteiger partial charge >= 0.3 is 6.03 Å². The van der Waals surface area contributed by atoms with Crippen LogP contribution < -0.4 is 10.1 Å². The molecule has 1 N–H and O–H groups in total. The first kappa shape index (κ1) is 14.9. The van der Waals surface area contributed by atoms with Gasteiger partial charge in [0.25, 0.3) is 5.91 Å². The number of carbonyl (C=O) groups excluding carboxylic acids is 2. The number of aromatic nitrogens is 3. The Morgan fingerprint density at radius 2 is 2.09 bits per heavy atom. The highest BCUT2D eigenvalue weighted by Gasteiger charge is 2.50. The molecule has 118 valence electrons. The largest absolute Gasteiger partial charge is 0.481 e. The van der Waals surface area contributed by atoms with Gasteiger partial charge in [-0.25, -0.2) is 9.78 Å². The van der Waals surface area contributed by atoms with Crippen LogP contribution in [0.4, 0.5) is 4.79 Å². The smallest absolute Gasteiger partial charge is 0.325 e. The molecule has 1 aliphatic rings. The fourth-order valence-corrected chi connectivity index (χ4v) is 2.41. The predicted octanol–water partition coefficient (Wildman–Crippen LogP) is 0.847. The molecule has 1 fully saturated rings. The molecule has 23 heavy (non-hydrogen) atoms. The van der Waals surface area contributed by atoms with Gasteiger partial charge in [0.05, 0.1) is 25.5 Å². The van der Waals surface area contributed by atoms with Crippen LogP contribution in [0.5, 0.6) is 5.88 Å². The molecule has 0 radical (unpaired) electrons. The first-order valence-corrected chi connectivity index (χ1v) is 6.94. The minimum absolute atomic E-state index is 0.124. The van der Waals surface area contributed by atoms with Gasteiger partial charge < -0.3 is 10.1 Å². The summed E-state index contributed by atoms with van der Waals surface area (Å²) in [5.74, 6) is 0.0463. The summed E-state index contributed by atoms with van der Waals surface area (Å²) in [5.41, 5.74) is -0.0838. The summed E-state index contributed by atoms with van der Waals surface area (Å²) in [6, 6.07) is 2.93. The van der Waals surface area contributed by atoms with Crippen molar-refractivity contribution in [2.24, 2.45) is 0 Å². The molecular weight excluding hydrogens is 298 g/mol. The van der Waals surface area contributed by atoms with Crippen molar-refractivity contribution in [1.29, 1.82) is 0 Å². The molecule has 1 unspecified atom stereocenters. The molecule has 2 aromatic heterocycles. The fraction of sp³-hybridized carbons (Fsp3) is 0.267. The summed E-state index contributed by atoms with van der Waals surface area (Å²) in [7, 11) is 1.50. The number of amides is 3. The summed E-state index contributed by atoms with van der Waals surface area (Å²) in [6.45, 7) is 1.74. The number of ether oxygens (including phenoxy) is 1. The number of nitrogens with zero attached hydrogens (tertiary/aromatic N) is 4. The lowest BCUT2D eigenvalue weighted by Gasteiger charge is -2.20. The molecule has 0 saturated carbocycles. The van der Waals surface area contributed by atoms with E-state index in [-0.39, 0.29) is 12.5 Å². The van der Waals surface area contributed by atoms with Crippen molar-refractivity contribution in [3.8, 4) is 5.88 Å². The highest BCUT2D eigenvalue weighted by molar-refractivity contribution is 6.06. The van der Waals surface area contributed by atoms with Gasteiger partial charge in [0.15, 0.2) is 5.54 Å². The second-order valence-electron chi connectivity index (χ2n) is 5.24. The Balaban J connectivity index is 1.87. The molecule has 1 aliphatic heterocycles. The molecule has 2 aromatic rings. The SMILES string of the molecule is COc1cc(CN2C(=O)NC(C)(c3cnccn3)C2=O)ccn1. The molecule has 0 spiro atoms. The van der Waals surface area contributed by atoms with Gasteiger partial charge in [-0.15, -0.1) is 0 Å². The van der Waals surface area contributed by atoms with E-state index < -0.39 is 11.6 Å². The van der Waals surface area contributed by atoms with E-state index in [1.807, 2.05) is 0 Å². The van der Waals surface area contributed by atoms with Gasteiger partial charge in [0.1, 0.15) is 0 Å². The molecule has 3 rings (SSSR count). The maximum atomic E-state index is 12.7. The molecule has 1 atom stereocenters. The second-order valence-corrected chi connectivity index (χ2v) is 5.24. The highest BCUT2D eigenvalue weighted by Crippen LogP contribution is 2.28. The van der Waals surface area contributed by atoms with Crippen molar-refractivity contribution < 1.29 is 14.3 Å². The van der Waals surface area contributed by atoms with Gasteiger partial charge in [-0.3, -0.25) is 19.7 Å². The van der Waals surface area contributed by atoms with Gasteiger partial charge in [0.2, 0.25) is 5.88 Å². The number of urea groups is 1. The third kappa shape index (κ3) is 2.59. The van der Waals surface area contributed by atoms with E-state index in [0.29, 0.717) is 11.6 Å². The summed E-state index contributed by atoms with van der Waals surface area (Å²) in [5, 5.41) is 2.68. The van der Waals surface area contributed by atoms with Gasteiger partial charge in [0, 0.05) is 24.7 Å². The highest BCUT2D eigenvalue weighted by atomic mass is 16.5. The summed E-state index contributed by atoms with van der Waals surface area (Å²) < 4.78 is 5.05. The maximum Gasteiger partial charge on any atom is 0.325 e. The van der Waals surface area contributed by atoms with Crippen molar-refractivity contribution in [1.82, 2.24) is 25.2 Å². The lowest BCUT2D eigenvalue weighted by atomic mass is 9.98. The number of rotatable bonds is 4. The third-order valence-electron chi connectivity index (χ3n) is 3.70. The molecular formula is C15H15N5O3. The summed E-state index contributed by atoms with van der Waals surface area (Å²) in [6.07, 6.45) is 6.02. The third-order valence-corrected chi connectivity index (χ3v) is 3.70. The predicted molar refractivity (Wildman–Crippen MR) is 79.3 cm³/mol. The van der Waals surface area contributed by atoms with Crippen LogP contribution >= 0.6 is 0 Å². The average Bonchev–Trinajstić information content (AvgIpc) is 2.80. The van der Waals surface area contributed by atoms with Crippen LogP contribution in [-0.4, -0.2) is 38.9 Å². The van der Waals surface area contributed by atoms with E-state index in [0.717, 1.165) is 10.5 Å². The standard InChI is InChI=1S/C15H15N5O3/c1-15(11-8-16-5-6-17-11)13(21)20(14(22)19-15)9-10-3-4-18-12(7-10)23-2/h3-8H,9H2,1-2H3,(H,19,22). The van der Waals surface area contributed by atoms with Crippen LogP contribution in [0.3, 0.4) is 0 Å². The quantitative estimate of drug-likeness (QED) is 0.840. The van der Waals surface area contributed by atoms with Crippen LogP contribution in [0, 0.1) is 0 Å². The lowest BCUT2D eigenvalue weighted by Crippen LogP contribution is -2.41. The van der Waals surface area contributed by atoms with Crippen LogP contribution in [0.25, 0.3) is 0 Å². The number of hydrogen-bond acceptors (Lipinski definition) is 6. The van der Waals surface area contributed by atoms with Crippen LogP contribution in [0.2, 0.25) is 0 Å². The first-order valence-electron chi connectivity index (χ1n) is 6.94. The number of imide groups is 1. The van der Waals surface area contributed by atoms with Crippen molar-refractivity contribution >= 4 is 11.9 Å². The number of nitrogens with one attached hydrogen (secondary N) is 1. The minimum Gasteiger partial charge on any atom is -0.481 e. The minimum atomic E-state index is -1.22. The normalized spacial score (nSPS) is 20.5. The van der Waals surface area contributed by atoms with Crippen molar-refractivity contribution in [2.75, 3.05) is 7.11 Å². The number of methoxy groups -OCH3 is 1. The Morgan fingerprint density at radius 1 is 1.26 bits per heavy atom. The van der Waals surface area contributed by atoms with Gasteiger partial charge in [-0.1, -0.05) is 0 Å². The molecule has 3 amide bonds. The number of pyridine rings is 1. The van der Waals surface area contributed by atoms with Gasteiger partial charge in [-0.2, -0.15) is 0 Å². The van der Waals surface area contributed by atoms with Crippen molar-refractivity contribution in [3.05, 3.63) is 48.2 Å². The molecule has 8 nitrogen and oxygen atoms in total. The Bertz CT molecular complexity index is 752.